The quantitative estimate of drug-likeness (QED) is 0.391. The first-order chi connectivity index (χ1) is 18.7. The first kappa shape index (κ1) is 30.2. The van der Waals surface area contributed by atoms with Crippen molar-refractivity contribution in [2.45, 2.75) is 24.8 Å². The molecule has 0 radical (unpaired) electrons. The van der Waals surface area contributed by atoms with Gasteiger partial charge in [0.05, 0.1) is 37.9 Å². The standard InChI is InChI=1S/C27H45N5O6S/c1-22-17-25(36-4)18-23(2)27(22)39(34,35)32-12-5-28(3)19-24(32)20-38-21-26(33)31-10-8-29(9-11-31)6-7-30-13-15-37-16-14-30/h17-18,24H,5-16,19-21H2,1-4H3. The van der Waals surface area contributed by atoms with Gasteiger partial charge in [0.1, 0.15) is 12.4 Å². The Labute approximate surface area is 233 Å². The number of piperazine rings is 2. The Bertz CT molecular complexity index is 1050. The molecular formula is C27H45N5O6S. The topological polar surface area (TPSA) is 95.1 Å². The van der Waals surface area contributed by atoms with Gasteiger partial charge in [0.25, 0.3) is 0 Å². The molecule has 3 saturated heterocycles. The Morgan fingerprint density at radius 1 is 0.949 bits per heavy atom. The van der Waals surface area contributed by atoms with Gasteiger partial charge in [-0.1, -0.05) is 0 Å². The summed E-state index contributed by atoms with van der Waals surface area (Å²) in [5, 5.41) is 0. The zero-order valence-electron chi connectivity index (χ0n) is 23.9. The second kappa shape index (κ2) is 13.7. The molecule has 0 saturated carbocycles. The van der Waals surface area contributed by atoms with Gasteiger partial charge in [-0.25, -0.2) is 8.42 Å². The van der Waals surface area contributed by atoms with Crippen molar-refractivity contribution < 1.29 is 27.4 Å². The third-order valence-electron chi connectivity index (χ3n) is 7.96. The molecule has 3 fully saturated rings. The molecule has 1 unspecified atom stereocenters. The number of ether oxygens (including phenoxy) is 3. The van der Waals surface area contributed by atoms with Crippen LogP contribution in [-0.2, 0) is 24.3 Å². The van der Waals surface area contributed by atoms with Crippen LogP contribution in [0.5, 0.6) is 5.75 Å². The van der Waals surface area contributed by atoms with E-state index >= 15 is 0 Å². The van der Waals surface area contributed by atoms with E-state index in [0.717, 1.165) is 52.5 Å². The van der Waals surface area contributed by atoms with E-state index in [1.807, 2.05) is 11.9 Å². The van der Waals surface area contributed by atoms with Crippen molar-refractivity contribution in [3.05, 3.63) is 23.3 Å². The molecule has 1 atom stereocenters. The van der Waals surface area contributed by atoms with E-state index in [1.54, 1.807) is 37.4 Å². The van der Waals surface area contributed by atoms with Crippen LogP contribution in [0.15, 0.2) is 17.0 Å². The number of morpholine rings is 1. The number of carbonyl (C=O) groups excluding carboxylic acids is 1. The summed E-state index contributed by atoms with van der Waals surface area (Å²) in [7, 11) is -0.202. The van der Waals surface area contributed by atoms with Crippen LogP contribution in [0.4, 0.5) is 0 Å². The molecule has 4 rings (SSSR count). The monoisotopic (exact) mass is 567 g/mol. The Hall–Kier alpha value is -1.80. The van der Waals surface area contributed by atoms with Crippen molar-refractivity contribution >= 4 is 15.9 Å². The molecule has 0 N–H and O–H groups in total. The summed E-state index contributed by atoms with van der Waals surface area (Å²) in [5.41, 5.74) is 1.31. The van der Waals surface area contributed by atoms with Crippen LogP contribution >= 0.6 is 0 Å². The lowest BCUT2D eigenvalue weighted by molar-refractivity contribution is -0.138. The van der Waals surface area contributed by atoms with E-state index in [4.69, 9.17) is 14.2 Å². The number of nitrogens with zero attached hydrogens (tertiary/aromatic N) is 5. The van der Waals surface area contributed by atoms with Crippen LogP contribution in [0, 0.1) is 13.8 Å². The lowest BCUT2D eigenvalue weighted by Gasteiger charge is -2.39. The van der Waals surface area contributed by atoms with E-state index in [9.17, 15) is 13.2 Å². The maximum Gasteiger partial charge on any atom is 0.248 e. The molecule has 220 valence electrons. The number of hydrogen-bond acceptors (Lipinski definition) is 9. The largest absolute Gasteiger partial charge is 0.497 e. The van der Waals surface area contributed by atoms with E-state index < -0.39 is 10.0 Å². The number of amides is 1. The zero-order chi connectivity index (χ0) is 28.0. The van der Waals surface area contributed by atoms with Crippen LogP contribution < -0.4 is 4.74 Å². The molecule has 39 heavy (non-hydrogen) atoms. The minimum Gasteiger partial charge on any atom is -0.497 e. The predicted octanol–water partition coefficient (Wildman–Crippen LogP) is 0.110. The summed E-state index contributed by atoms with van der Waals surface area (Å²) in [4.78, 5) is 22.0. The summed E-state index contributed by atoms with van der Waals surface area (Å²) >= 11 is 0. The highest BCUT2D eigenvalue weighted by Gasteiger charge is 2.37. The molecule has 0 aromatic heterocycles. The van der Waals surface area contributed by atoms with E-state index in [-0.39, 0.29) is 25.2 Å². The van der Waals surface area contributed by atoms with Crippen molar-refractivity contribution in [1.29, 1.82) is 0 Å². The Morgan fingerprint density at radius 3 is 2.18 bits per heavy atom. The van der Waals surface area contributed by atoms with Gasteiger partial charge in [0.2, 0.25) is 15.9 Å². The number of hydrogen-bond donors (Lipinski definition) is 0. The fourth-order valence-corrected chi connectivity index (χ4v) is 7.71. The summed E-state index contributed by atoms with van der Waals surface area (Å²) in [6.45, 7) is 14.0. The number of carbonyl (C=O) groups is 1. The van der Waals surface area contributed by atoms with Crippen molar-refractivity contribution in [3.8, 4) is 5.75 Å². The summed E-state index contributed by atoms with van der Waals surface area (Å²) in [6, 6.07) is 3.13. The van der Waals surface area contributed by atoms with Gasteiger partial charge >= 0.3 is 0 Å². The Balaban J connectivity index is 1.28. The normalized spacial score (nSPS) is 22.8. The smallest absolute Gasteiger partial charge is 0.248 e. The maximum absolute atomic E-state index is 13.8. The highest BCUT2D eigenvalue weighted by molar-refractivity contribution is 7.89. The number of aryl methyl sites for hydroxylation is 2. The van der Waals surface area contributed by atoms with Gasteiger partial charge in [-0.3, -0.25) is 14.6 Å². The average molecular weight is 568 g/mol. The minimum absolute atomic E-state index is 0.0387. The third kappa shape index (κ3) is 7.69. The predicted molar refractivity (Wildman–Crippen MR) is 149 cm³/mol. The SMILES string of the molecule is COc1cc(C)c(S(=O)(=O)N2CCN(C)CC2COCC(=O)N2CCN(CCN3CCOCC3)CC2)c(C)c1. The molecule has 1 amide bonds. The molecule has 1 aromatic carbocycles. The van der Waals surface area contributed by atoms with Crippen LogP contribution in [0.2, 0.25) is 0 Å². The molecule has 3 aliphatic heterocycles. The summed E-state index contributed by atoms with van der Waals surface area (Å²) in [5.74, 6) is 0.599. The van der Waals surface area contributed by atoms with Crippen LogP contribution in [0.3, 0.4) is 0 Å². The summed E-state index contributed by atoms with van der Waals surface area (Å²) in [6.07, 6.45) is 0. The van der Waals surface area contributed by atoms with Gasteiger partial charge in [-0.15, -0.1) is 0 Å². The average Bonchev–Trinajstić information content (AvgIpc) is 2.92. The second-order valence-corrected chi connectivity index (χ2v) is 12.6. The number of sulfonamides is 1. The number of likely N-dealkylation sites (N-methyl/N-ethyl adjacent to an activating group) is 1. The van der Waals surface area contributed by atoms with Gasteiger partial charge in [-0.05, 0) is 44.2 Å². The minimum atomic E-state index is -3.75. The van der Waals surface area contributed by atoms with Crippen molar-refractivity contribution in [2.75, 3.05) is 113 Å². The van der Waals surface area contributed by atoms with Crippen molar-refractivity contribution in [1.82, 2.24) is 23.9 Å². The van der Waals surface area contributed by atoms with Crippen molar-refractivity contribution in [3.63, 3.8) is 0 Å². The molecule has 12 heteroatoms. The number of methoxy groups -OCH3 is 1. The summed E-state index contributed by atoms with van der Waals surface area (Å²) < 4.78 is 45.7. The Kier molecular flexibility index (Phi) is 10.6. The zero-order valence-corrected chi connectivity index (χ0v) is 24.7. The van der Waals surface area contributed by atoms with Crippen molar-refractivity contribution in [2.24, 2.45) is 0 Å². The van der Waals surface area contributed by atoms with E-state index in [2.05, 4.69) is 14.7 Å². The molecule has 11 nitrogen and oxygen atoms in total. The van der Waals surface area contributed by atoms with Crippen LogP contribution in [0.1, 0.15) is 11.1 Å². The van der Waals surface area contributed by atoms with Crippen LogP contribution in [-0.4, -0.2) is 157 Å². The highest BCUT2D eigenvalue weighted by Crippen LogP contribution is 2.30. The number of benzene rings is 1. The second-order valence-electron chi connectivity index (χ2n) is 10.8. The first-order valence-electron chi connectivity index (χ1n) is 13.9. The Morgan fingerprint density at radius 2 is 1.56 bits per heavy atom. The fourth-order valence-electron chi connectivity index (χ4n) is 5.70. The van der Waals surface area contributed by atoms with E-state index in [1.165, 1.54) is 0 Å². The fraction of sp³-hybridized carbons (Fsp3) is 0.741. The highest BCUT2D eigenvalue weighted by atomic mass is 32.2. The molecule has 3 heterocycles. The molecule has 1 aromatic rings. The molecule has 0 spiro atoms. The number of rotatable bonds is 10. The maximum atomic E-state index is 13.8. The molecule has 0 bridgehead atoms. The van der Waals surface area contributed by atoms with Gasteiger partial charge in [0, 0.05) is 72.0 Å². The third-order valence-corrected chi connectivity index (χ3v) is 10.2. The lowest BCUT2D eigenvalue weighted by atomic mass is 10.1. The molecule has 3 aliphatic rings. The van der Waals surface area contributed by atoms with Gasteiger partial charge in [0.15, 0.2) is 0 Å². The van der Waals surface area contributed by atoms with Crippen LogP contribution in [0.25, 0.3) is 0 Å². The van der Waals surface area contributed by atoms with E-state index in [0.29, 0.717) is 54.5 Å². The first-order valence-corrected chi connectivity index (χ1v) is 15.4. The lowest BCUT2D eigenvalue weighted by Crippen LogP contribution is -2.56. The van der Waals surface area contributed by atoms with Gasteiger partial charge in [-0.2, -0.15) is 4.31 Å². The molecule has 0 aliphatic carbocycles. The molecular weight excluding hydrogens is 522 g/mol. The van der Waals surface area contributed by atoms with Gasteiger partial charge < -0.3 is 24.0 Å².